The van der Waals surface area contributed by atoms with Crippen LogP contribution in [0, 0.1) is 10.1 Å². The van der Waals surface area contributed by atoms with Crippen LogP contribution in [-0.4, -0.2) is 31.0 Å². The topological polar surface area (TPSA) is 84.3 Å². The number of aryl methyl sites for hydroxylation is 1. The number of benzene rings is 1. The highest BCUT2D eigenvalue weighted by atomic mass is 16.6. The Morgan fingerprint density at radius 2 is 2.11 bits per heavy atom. The van der Waals surface area contributed by atoms with E-state index in [4.69, 9.17) is 0 Å². The van der Waals surface area contributed by atoms with Gasteiger partial charge in [0.25, 0.3) is 11.6 Å². The monoisotopic (exact) mass is 265 g/mol. The van der Waals surface area contributed by atoms with Gasteiger partial charge in [0.1, 0.15) is 0 Å². The van der Waals surface area contributed by atoms with Crippen molar-refractivity contribution in [3.8, 4) is 0 Å². The van der Waals surface area contributed by atoms with E-state index in [0.29, 0.717) is 24.1 Å². The maximum absolute atomic E-state index is 11.8. The lowest BCUT2D eigenvalue weighted by Crippen LogP contribution is -2.26. The van der Waals surface area contributed by atoms with Crippen molar-refractivity contribution in [2.24, 2.45) is 0 Å². The molecule has 6 heteroatoms. The van der Waals surface area contributed by atoms with Crippen LogP contribution in [0.1, 0.15) is 29.3 Å². The molecule has 0 unspecified atom stereocenters. The molecule has 0 aliphatic carbocycles. The Morgan fingerprint density at radius 1 is 1.37 bits per heavy atom. The van der Waals surface area contributed by atoms with Crippen molar-refractivity contribution >= 4 is 11.6 Å². The van der Waals surface area contributed by atoms with E-state index < -0.39 is 4.92 Å². The van der Waals surface area contributed by atoms with Gasteiger partial charge >= 0.3 is 0 Å². The lowest BCUT2D eigenvalue weighted by molar-refractivity contribution is -0.385. The molecule has 19 heavy (non-hydrogen) atoms. The van der Waals surface area contributed by atoms with Crippen LogP contribution in [0.15, 0.2) is 18.2 Å². The molecule has 104 valence electrons. The zero-order chi connectivity index (χ0) is 14.3. The number of nitrogens with one attached hydrogen (secondary N) is 2. The highest BCUT2D eigenvalue weighted by Crippen LogP contribution is 2.20. The highest BCUT2D eigenvalue weighted by molar-refractivity contribution is 5.94. The smallest absolute Gasteiger partial charge is 0.273 e. The van der Waals surface area contributed by atoms with Gasteiger partial charge in [-0.05, 0) is 32.5 Å². The van der Waals surface area contributed by atoms with Crippen LogP contribution >= 0.6 is 0 Å². The summed E-state index contributed by atoms with van der Waals surface area (Å²) in [4.78, 5) is 22.3. The van der Waals surface area contributed by atoms with Crippen LogP contribution in [0.5, 0.6) is 0 Å². The summed E-state index contributed by atoms with van der Waals surface area (Å²) < 4.78 is 0. The number of carbonyl (C=O) groups is 1. The van der Waals surface area contributed by atoms with Crippen molar-refractivity contribution in [1.29, 1.82) is 0 Å². The first-order valence-corrected chi connectivity index (χ1v) is 6.30. The molecule has 1 aromatic rings. The van der Waals surface area contributed by atoms with Crippen molar-refractivity contribution in [2.45, 2.75) is 19.8 Å². The minimum Gasteiger partial charge on any atom is -0.352 e. The third-order valence-corrected chi connectivity index (χ3v) is 2.81. The molecule has 1 rings (SSSR count). The van der Waals surface area contributed by atoms with Crippen LogP contribution in [0.4, 0.5) is 5.69 Å². The molecular formula is C13H19N3O3. The largest absolute Gasteiger partial charge is 0.352 e. The third kappa shape index (κ3) is 4.33. The van der Waals surface area contributed by atoms with Crippen LogP contribution in [0.2, 0.25) is 0 Å². The summed E-state index contributed by atoms with van der Waals surface area (Å²) in [6, 6.07) is 4.60. The predicted molar refractivity (Wildman–Crippen MR) is 73.4 cm³/mol. The summed E-state index contributed by atoms with van der Waals surface area (Å²) >= 11 is 0. The second kappa shape index (κ2) is 7.48. The summed E-state index contributed by atoms with van der Waals surface area (Å²) in [6.45, 7) is 3.21. The van der Waals surface area contributed by atoms with Gasteiger partial charge in [-0.1, -0.05) is 13.0 Å². The second-order valence-corrected chi connectivity index (χ2v) is 4.17. The van der Waals surface area contributed by atoms with Crippen molar-refractivity contribution in [1.82, 2.24) is 10.6 Å². The molecule has 1 aromatic carbocycles. The summed E-state index contributed by atoms with van der Waals surface area (Å²) in [7, 11) is 1.84. The summed E-state index contributed by atoms with van der Waals surface area (Å²) in [5, 5.41) is 16.6. The fourth-order valence-electron chi connectivity index (χ4n) is 1.74. The number of nitrogens with zero attached hydrogens (tertiary/aromatic N) is 1. The van der Waals surface area contributed by atoms with Crippen LogP contribution in [0.3, 0.4) is 0 Å². The Kier molecular flexibility index (Phi) is 5.95. The zero-order valence-electron chi connectivity index (χ0n) is 11.2. The molecule has 0 spiro atoms. The van der Waals surface area contributed by atoms with Crippen molar-refractivity contribution in [3.05, 3.63) is 39.4 Å². The average molecular weight is 265 g/mol. The standard InChI is InChI=1S/C13H19N3O3/c1-3-10-5-6-11(9-12(10)16(18)19)13(17)15-8-4-7-14-2/h5-6,9,14H,3-4,7-8H2,1-2H3,(H,15,17). The Hall–Kier alpha value is -1.95. The summed E-state index contributed by atoms with van der Waals surface area (Å²) in [6.07, 6.45) is 1.39. The molecular weight excluding hydrogens is 246 g/mol. The minimum atomic E-state index is -0.448. The zero-order valence-corrected chi connectivity index (χ0v) is 11.2. The second-order valence-electron chi connectivity index (χ2n) is 4.17. The fraction of sp³-hybridized carbons (Fsp3) is 0.462. The third-order valence-electron chi connectivity index (χ3n) is 2.81. The van der Waals surface area contributed by atoms with Crippen LogP contribution in [-0.2, 0) is 6.42 Å². The van der Waals surface area contributed by atoms with Gasteiger partial charge in [-0.25, -0.2) is 0 Å². The van der Waals surface area contributed by atoms with E-state index in [0.717, 1.165) is 13.0 Å². The van der Waals surface area contributed by atoms with Crippen LogP contribution < -0.4 is 10.6 Å². The summed E-state index contributed by atoms with van der Waals surface area (Å²) in [5.74, 6) is -0.276. The number of hydrogen-bond donors (Lipinski definition) is 2. The number of nitro benzene ring substituents is 1. The van der Waals surface area contributed by atoms with Gasteiger partial charge in [0.05, 0.1) is 4.92 Å². The Labute approximate surface area is 112 Å². The molecule has 0 bridgehead atoms. The van der Waals surface area contributed by atoms with Crippen molar-refractivity contribution < 1.29 is 9.72 Å². The van der Waals surface area contributed by atoms with E-state index in [2.05, 4.69) is 10.6 Å². The maximum atomic E-state index is 11.8. The molecule has 6 nitrogen and oxygen atoms in total. The maximum Gasteiger partial charge on any atom is 0.273 e. The highest BCUT2D eigenvalue weighted by Gasteiger charge is 2.15. The molecule has 0 aliphatic rings. The van der Waals surface area contributed by atoms with E-state index in [-0.39, 0.29) is 11.6 Å². The van der Waals surface area contributed by atoms with E-state index in [1.165, 1.54) is 6.07 Å². The number of nitro groups is 1. The normalized spacial score (nSPS) is 10.2. The molecule has 0 radical (unpaired) electrons. The van der Waals surface area contributed by atoms with Gasteiger partial charge in [-0.2, -0.15) is 0 Å². The number of rotatable bonds is 7. The molecule has 0 aliphatic heterocycles. The van der Waals surface area contributed by atoms with E-state index >= 15 is 0 Å². The molecule has 2 N–H and O–H groups in total. The fourth-order valence-corrected chi connectivity index (χ4v) is 1.74. The van der Waals surface area contributed by atoms with E-state index in [1.54, 1.807) is 12.1 Å². The molecule has 0 aromatic heterocycles. The summed E-state index contributed by atoms with van der Waals surface area (Å²) in [5.41, 5.74) is 0.968. The Morgan fingerprint density at radius 3 is 2.68 bits per heavy atom. The first-order valence-electron chi connectivity index (χ1n) is 6.30. The first kappa shape index (κ1) is 15.1. The predicted octanol–water partition coefficient (Wildman–Crippen LogP) is 1.50. The quantitative estimate of drug-likeness (QED) is 0.444. The van der Waals surface area contributed by atoms with E-state index in [9.17, 15) is 14.9 Å². The lowest BCUT2D eigenvalue weighted by Gasteiger charge is -2.06. The van der Waals surface area contributed by atoms with Gasteiger partial charge in [0.2, 0.25) is 0 Å². The SMILES string of the molecule is CCc1ccc(C(=O)NCCCNC)cc1[N+](=O)[O-]. The van der Waals surface area contributed by atoms with Gasteiger partial charge in [0.15, 0.2) is 0 Å². The van der Waals surface area contributed by atoms with Gasteiger partial charge < -0.3 is 10.6 Å². The molecule has 0 saturated heterocycles. The van der Waals surface area contributed by atoms with E-state index in [1.807, 2.05) is 14.0 Å². The van der Waals surface area contributed by atoms with Crippen molar-refractivity contribution in [3.63, 3.8) is 0 Å². The minimum absolute atomic E-state index is 0.00498. The Balaban J connectivity index is 2.75. The molecule has 1 amide bonds. The molecule has 0 atom stereocenters. The van der Waals surface area contributed by atoms with Gasteiger partial charge in [-0.3, -0.25) is 14.9 Å². The number of amides is 1. The van der Waals surface area contributed by atoms with Gasteiger partial charge in [-0.15, -0.1) is 0 Å². The van der Waals surface area contributed by atoms with Crippen molar-refractivity contribution in [2.75, 3.05) is 20.1 Å². The molecule has 0 heterocycles. The molecule has 0 saturated carbocycles. The lowest BCUT2D eigenvalue weighted by atomic mass is 10.1. The van der Waals surface area contributed by atoms with Crippen LogP contribution in [0.25, 0.3) is 0 Å². The Bertz CT molecular complexity index is 460. The number of carbonyl (C=O) groups excluding carboxylic acids is 1. The molecule has 0 fully saturated rings. The number of hydrogen-bond acceptors (Lipinski definition) is 4. The first-order chi connectivity index (χ1) is 9.10. The van der Waals surface area contributed by atoms with Gasteiger partial charge in [0, 0.05) is 23.7 Å². The average Bonchev–Trinajstić information content (AvgIpc) is 2.42.